The van der Waals surface area contributed by atoms with Crippen LogP contribution in [0.2, 0.25) is 0 Å². The van der Waals surface area contributed by atoms with Crippen molar-refractivity contribution in [3.8, 4) is 0 Å². The van der Waals surface area contributed by atoms with Gasteiger partial charge in [-0.25, -0.2) is 0 Å². The van der Waals surface area contributed by atoms with Crippen LogP contribution >= 0.6 is 0 Å². The van der Waals surface area contributed by atoms with Gasteiger partial charge in [0.25, 0.3) is 0 Å². The van der Waals surface area contributed by atoms with E-state index in [9.17, 15) is 4.79 Å². The van der Waals surface area contributed by atoms with E-state index in [1.807, 2.05) is 4.90 Å². The molecule has 0 spiro atoms. The van der Waals surface area contributed by atoms with Crippen LogP contribution < -0.4 is 5.73 Å². The summed E-state index contributed by atoms with van der Waals surface area (Å²) in [5.74, 6) is 0.587. The Hall–Kier alpha value is -0.690. The standard InChI is InChI=1S/C14H29N3O3/c1-13(10-15)11-16-4-3-5-17(7-6-16)14(18)12-20-9-8-19-2/h13H,3-12,15H2,1-2H3. The SMILES string of the molecule is COCCOCC(=O)N1CCCN(CC(C)CN)CC1. The lowest BCUT2D eigenvalue weighted by molar-refractivity contribution is -0.136. The number of hydrogen-bond donors (Lipinski definition) is 1. The normalized spacial score (nSPS) is 18.9. The molecule has 6 heteroatoms. The number of hydrogen-bond acceptors (Lipinski definition) is 5. The van der Waals surface area contributed by atoms with Crippen molar-refractivity contribution in [1.82, 2.24) is 9.80 Å². The molecular formula is C14H29N3O3. The second-order valence-electron chi connectivity index (χ2n) is 5.42. The number of amides is 1. The van der Waals surface area contributed by atoms with Gasteiger partial charge in [0.15, 0.2) is 0 Å². The van der Waals surface area contributed by atoms with E-state index in [0.717, 1.165) is 39.1 Å². The Morgan fingerprint density at radius 1 is 1.25 bits per heavy atom. The highest BCUT2D eigenvalue weighted by atomic mass is 16.5. The third kappa shape index (κ3) is 6.65. The maximum absolute atomic E-state index is 12.0. The first-order chi connectivity index (χ1) is 9.67. The first-order valence-corrected chi connectivity index (χ1v) is 7.44. The number of carbonyl (C=O) groups is 1. The smallest absolute Gasteiger partial charge is 0.248 e. The predicted octanol–water partition coefficient (Wildman–Crippen LogP) is -0.221. The summed E-state index contributed by atoms with van der Waals surface area (Å²) in [6, 6.07) is 0. The highest BCUT2D eigenvalue weighted by Crippen LogP contribution is 2.06. The number of nitrogens with two attached hydrogens (primary N) is 1. The zero-order valence-corrected chi connectivity index (χ0v) is 12.8. The largest absolute Gasteiger partial charge is 0.382 e. The summed E-state index contributed by atoms with van der Waals surface area (Å²) >= 11 is 0. The number of rotatable bonds is 8. The van der Waals surface area contributed by atoms with Gasteiger partial charge in [0.2, 0.25) is 5.91 Å². The summed E-state index contributed by atoms with van der Waals surface area (Å²) in [4.78, 5) is 16.3. The van der Waals surface area contributed by atoms with Crippen LogP contribution in [0.15, 0.2) is 0 Å². The van der Waals surface area contributed by atoms with E-state index in [0.29, 0.717) is 25.7 Å². The molecular weight excluding hydrogens is 258 g/mol. The fourth-order valence-corrected chi connectivity index (χ4v) is 2.31. The highest BCUT2D eigenvalue weighted by Gasteiger charge is 2.19. The summed E-state index contributed by atoms with van der Waals surface area (Å²) in [6.07, 6.45) is 1.01. The molecule has 1 unspecified atom stereocenters. The van der Waals surface area contributed by atoms with Gasteiger partial charge >= 0.3 is 0 Å². The molecule has 1 atom stereocenters. The Morgan fingerprint density at radius 3 is 2.75 bits per heavy atom. The maximum Gasteiger partial charge on any atom is 0.248 e. The number of carbonyl (C=O) groups excluding carboxylic acids is 1. The molecule has 1 heterocycles. The van der Waals surface area contributed by atoms with E-state index >= 15 is 0 Å². The van der Waals surface area contributed by atoms with Crippen LogP contribution in [0.3, 0.4) is 0 Å². The van der Waals surface area contributed by atoms with E-state index in [1.54, 1.807) is 7.11 Å². The lowest BCUT2D eigenvalue weighted by Crippen LogP contribution is -2.38. The third-order valence-corrected chi connectivity index (χ3v) is 3.57. The number of ether oxygens (including phenoxy) is 2. The Balaban J connectivity index is 2.26. The van der Waals surface area contributed by atoms with Crippen LogP contribution in [0.25, 0.3) is 0 Å². The molecule has 1 rings (SSSR count). The predicted molar refractivity (Wildman–Crippen MR) is 78.6 cm³/mol. The monoisotopic (exact) mass is 287 g/mol. The van der Waals surface area contributed by atoms with Gasteiger partial charge in [0, 0.05) is 33.3 Å². The van der Waals surface area contributed by atoms with Crippen LogP contribution in [0.1, 0.15) is 13.3 Å². The fourth-order valence-electron chi connectivity index (χ4n) is 2.31. The van der Waals surface area contributed by atoms with Crippen molar-refractivity contribution in [2.24, 2.45) is 11.7 Å². The summed E-state index contributed by atoms with van der Waals surface area (Å²) in [7, 11) is 1.62. The Bertz CT molecular complexity index is 276. The minimum Gasteiger partial charge on any atom is -0.382 e. The number of nitrogens with zero attached hydrogens (tertiary/aromatic N) is 2. The molecule has 0 bridgehead atoms. The molecule has 20 heavy (non-hydrogen) atoms. The summed E-state index contributed by atoms with van der Waals surface area (Å²) in [5.41, 5.74) is 5.67. The molecule has 1 amide bonds. The summed E-state index contributed by atoms with van der Waals surface area (Å²) < 4.78 is 10.2. The minimum atomic E-state index is 0.0785. The van der Waals surface area contributed by atoms with Gasteiger partial charge in [-0.1, -0.05) is 6.92 Å². The van der Waals surface area contributed by atoms with E-state index in [-0.39, 0.29) is 12.5 Å². The van der Waals surface area contributed by atoms with Crippen molar-refractivity contribution < 1.29 is 14.3 Å². The molecule has 1 aliphatic rings. The zero-order chi connectivity index (χ0) is 14.8. The Kier molecular flexibility index (Phi) is 8.77. The van der Waals surface area contributed by atoms with Gasteiger partial charge < -0.3 is 25.0 Å². The van der Waals surface area contributed by atoms with E-state index in [4.69, 9.17) is 15.2 Å². The van der Waals surface area contributed by atoms with Crippen molar-refractivity contribution in [3.63, 3.8) is 0 Å². The van der Waals surface area contributed by atoms with Gasteiger partial charge in [-0.05, 0) is 25.4 Å². The molecule has 6 nitrogen and oxygen atoms in total. The molecule has 118 valence electrons. The van der Waals surface area contributed by atoms with Crippen molar-refractivity contribution in [2.45, 2.75) is 13.3 Å². The van der Waals surface area contributed by atoms with Crippen molar-refractivity contribution >= 4 is 5.91 Å². The van der Waals surface area contributed by atoms with E-state index in [1.165, 1.54) is 0 Å². The Morgan fingerprint density at radius 2 is 2.05 bits per heavy atom. The molecule has 2 N–H and O–H groups in total. The average Bonchev–Trinajstić information content (AvgIpc) is 2.69. The molecule has 0 aliphatic carbocycles. The molecule has 0 aromatic heterocycles. The number of methoxy groups -OCH3 is 1. The Labute approximate surface area is 122 Å². The third-order valence-electron chi connectivity index (χ3n) is 3.57. The van der Waals surface area contributed by atoms with Crippen LogP contribution in [-0.4, -0.2) is 81.9 Å². The van der Waals surface area contributed by atoms with Crippen molar-refractivity contribution in [1.29, 1.82) is 0 Å². The van der Waals surface area contributed by atoms with Crippen LogP contribution in [0, 0.1) is 5.92 Å². The molecule has 0 saturated carbocycles. The molecule has 0 aromatic carbocycles. The van der Waals surface area contributed by atoms with Gasteiger partial charge in [0.1, 0.15) is 6.61 Å². The first kappa shape index (κ1) is 17.4. The van der Waals surface area contributed by atoms with Crippen LogP contribution in [0.4, 0.5) is 0 Å². The van der Waals surface area contributed by atoms with Gasteiger partial charge in [-0.3, -0.25) is 4.79 Å². The second-order valence-corrected chi connectivity index (χ2v) is 5.42. The van der Waals surface area contributed by atoms with Gasteiger partial charge in [0.05, 0.1) is 13.2 Å². The lowest BCUT2D eigenvalue weighted by Gasteiger charge is -2.24. The first-order valence-electron chi connectivity index (χ1n) is 7.44. The topological polar surface area (TPSA) is 68.0 Å². The van der Waals surface area contributed by atoms with Gasteiger partial charge in [-0.15, -0.1) is 0 Å². The van der Waals surface area contributed by atoms with E-state index < -0.39 is 0 Å². The molecule has 1 aliphatic heterocycles. The zero-order valence-electron chi connectivity index (χ0n) is 12.8. The molecule has 1 saturated heterocycles. The minimum absolute atomic E-state index is 0.0785. The maximum atomic E-state index is 12.0. The molecule has 0 radical (unpaired) electrons. The van der Waals surface area contributed by atoms with Crippen LogP contribution in [0.5, 0.6) is 0 Å². The van der Waals surface area contributed by atoms with Gasteiger partial charge in [-0.2, -0.15) is 0 Å². The van der Waals surface area contributed by atoms with Crippen LogP contribution in [-0.2, 0) is 14.3 Å². The summed E-state index contributed by atoms with van der Waals surface area (Å²) in [6.45, 7) is 8.61. The molecule has 0 aromatic rings. The van der Waals surface area contributed by atoms with Crippen molar-refractivity contribution in [2.75, 3.05) is 66.2 Å². The summed E-state index contributed by atoms with van der Waals surface area (Å²) in [5, 5.41) is 0. The lowest BCUT2D eigenvalue weighted by atomic mass is 10.1. The van der Waals surface area contributed by atoms with Crippen molar-refractivity contribution in [3.05, 3.63) is 0 Å². The van der Waals surface area contributed by atoms with E-state index in [2.05, 4.69) is 11.8 Å². The fraction of sp³-hybridized carbons (Fsp3) is 0.929. The quantitative estimate of drug-likeness (QED) is 0.625. The average molecular weight is 287 g/mol. The second kappa shape index (κ2) is 10.1. The highest BCUT2D eigenvalue weighted by molar-refractivity contribution is 5.77. The molecule has 1 fully saturated rings.